The van der Waals surface area contributed by atoms with Gasteiger partial charge in [-0.2, -0.15) is 5.10 Å². The van der Waals surface area contributed by atoms with Crippen LogP contribution in [0.3, 0.4) is 0 Å². The van der Waals surface area contributed by atoms with Crippen LogP contribution in [-0.2, 0) is 6.42 Å². The molecule has 1 aromatic heterocycles. The quantitative estimate of drug-likeness (QED) is 0.717. The van der Waals surface area contributed by atoms with Gasteiger partial charge < -0.3 is 0 Å². The van der Waals surface area contributed by atoms with Gasteiger partial charge in [0.15, 0.2) is 0 Å². The van der Waals surface area contributed by atoms with E-state index in [4.69, 9.17) is 0 Å². The van der Waals surface area contributed by atoms with Gasteiger partial charge in [0, 0.05) is 17.6 Å². The molecule has 1 aromatic rings. The molecule has 0 radical (unpaired) electrons. The van der Waals surface area contributed by atoms with E-state index in [1.165, 1.54) is 18.5 Å². The lowest BCUT2D eigenvalue weighted by atomic mass is 9.80. The van der Waals surface area contributed by atoms with Crippen molar-refractivity contribution < 1.29 is 0 Å². The van der Waals surface area contributed by atoms with Crippen molar-refractivity contribution in [3.05, 3.63) is 18.0 Å². The average Bonchev–Trinajstić information content (AvgIpc) is 2.74. The fraction of sp³-hybridized carbons (Fsp3) is 0.769. The molecule has 0 aliphatic heterocycles. The fourth-order valence-electron chi connectivity index (χ4n) is 1.88. The van der Waals surface area contributed by atoms with E-state index in [-0.39, 0.29) is 0 Å². The minimum absolute atomic E-state index is 0.371. The van der Waals surface area contributed by atoms with Crippen LogP contribution in [0, 0.1) is 5.41 Å². The molecular weight excluding hydrogens is 264 g/mol. The minimum atomic E-state index is 0.371. The number of halogens is 1. The van der Waals surface area contributed by atoms with Crippen molar-refractivity contribution in [2.75, 3.05) is 5.33 Å². The van der Waals surface area contributed by atoms with E-state index in [0.29, 0.717) is 11.5 Å². The summed E-state index contributed by atoms with van der Waals surface area (Å²) in [7, 11) is 0. The molecule has 16 heavy (non-hydrogen) atoms. The van der Waals surface area contributed by atoms with Crippen LogP contribution in [0.1, 0.15) is 52.3 Å². The van der Waals surface area contributed by atoms with E-state index in [2.05, 4.69) is 61.0 Å². The Bertz CT molecular complexity index is 305. The van der Waals surface area contributed by atoms with Crippen molar-refractivity contribution >= 4 is 15.9 Å². The van der Waals surface area contributed by atoms with Crippen LogP contribution in [-0.4, -0.2) is 15.1 Å². The molecule has 0 bridgehead atoms. The Morgan fingerprint density at radius 1 is 1.38 bits per heavy atom. The van der Waals surface area contributed by atoms with Gasteiger partial charge in [0.1, 0.15) is 0 Å². The predicted octanol–water partition coefficient (Wildman–Crippen LogP) is 4.21. The molecular formula is C13H23BrN2. The molecule has 2 nitrogen and oxygen atoms in total. The van der Waals surface area contributed by atoms with E-state index in [1.807, 2.05) is 4.68 Å². The highest BCUT2D eigenvalue weighted by molar-refractivity contribution is 9.09. The van der Waals surface area contributed by atoms with Crippen LogP contribution in [0.15, 0.2) is 12.3 Å². The van der Waals surface area contributed by atoms with Gasteiger partial charge in [-0.15, -0.1) is 0 Å². The summed E-state index contributed by atoms with van der Waals surface area (Å²) in [6.07, 6.45) is 5.56. The molecule has 1 rings (SSSR count). The number of hydrogen-bond donors (Lipinski definition) is 0. The number of rotatable bonds is 6. The SMILES string of the molecule is CCC(CC)(CBr)Cc1ccn(C(C)C)n1. The number of aromatic nitrogens is 2. The highest BCUT2D eigenvalue weighted by Gasteiger charge is 2.26. The van der Waals surface area contributed by atoms with Gasteiger partial charge in [-0.25, -0.2) is 0 Å². The first-order chi connectivity index (χ1) is 7.56. The maximum absolute atomic E-state index is 4.63. The zero-order chi connectivity index (χ0) is 12.2. The van der Waals surface area contributed by atoms with E-state index < -0.39 is 0 Å². The molecule has 1 heterocycles. The normalized spacial score (nSPS) is 12.4. The van der Waals surface area contributed by atoms with Gasteiger partial charge in [0.2, 0.25) is 0 Å². The van der Waals surface area contributed by atoms with E-state index in [1.54, 1.807) is 0 Å². The van der Waals surface area contributed by atoms with Gasteiger partial charge in [0.25, 0.3) is 0 Å². The molecule has 0 unspecified atom stereocenters. The number of alkyl halides is 1. The molecule has 0 atom stereocenters. The number of hydrogen-bond acceptors (Lipinski definition) is 1. The summed E-state index contributed by atoms with van der Waals surface area (Å²) in [5.41, 5.74) is 1.59. The molecule has 0 amide bonds. The van der Waals surface area contributed by atoms with Gasteiger partial charge in [0.05, 0.1) is 5.69 Å². The van der Waals surface area contributed by atoms with Crippen LogP contribution in [0.4, 0.5) is 0 Å². The Morgan fingerprint density at radius 2 is 2.00 bits per heavy atom. The smallest absolute Gasteiger partial charge is 0.0630 e. The lowest BCUT2D eigenvalue weighted by Crippen LogP contribution is -2.24. The fourth-order valence-corrected chi connectivity index (χ4v) is 2.87. The third kappa shape index (κ3) is 3.09. The van der Waals surface area contributed by atoms with Crippen LogP contribution < -0.4 is 0 Å². The summed E-state index contributed by atoms with van der Waals surface area (Å²) in [5, 5.41) is 5.69. The average molecular weight is 287 g/mol. The zero-order valence-electron chi connectivity index (χ0n) is 10.8. The summed E-state index contributed by atoms with van der Waals surface area (Å²) in [6.45, 7) is 8.86. The van der Waals surface area contributed by atoms with Crippen molar-refractivity contribution in [1.82, 2.24) is 9.78 Å². The Morgan fingerprint density at radius 3 is 2.38 bits per heavy atom. The standard InChI is InChI=1S/C13H23BrN2/c1-5-13(6-2,10-14)9-12-7-8-16(15-12)11(3)4/h7-8,11H,5-6,9-10H2,1-4H3. The molecule has 0 aliphatic carbocycles. The molecule has 3 heteroatoms. The third-order valence-electron chi connectivity index (χ3n) is 3.53. The second-order valence-corrected chi connectivity index (χ2v) is 5.46. The van der Waals surface area contributed by atoms with Crippen LogP contribution in [0.2, 0.25) is 0 Å². The highest BCUT2D eigenvalue weighted by Crippen LogP contribution is 2.32. The van der Waals surface area contributed by atoms with Crippen molar-refractivity contribution in [2.45, 2.75) is 53.0 Å². The summed E-state index contributed by atoms with van der Waals surface area (Å²) in [4.78, 5) is 0. The van der Waals surface area contributed by atoms with Gasteiger partial charge >= 0.3 is 0 Å². The minimum Gasteiger partial charge on any atom is -0.270 e. The second-order valence-electron chi connectivity index (χ2n) is 4.90. The van der Waals surface area contributed by atoms with Crippen molar-refractivity contribution in [3.8, 4) is 0 Å². The Hall–Kier alpha value is -0.310. The monoisotopic (exact) mass is 286 g/mol. The van der Waals surface area contributed by atoms with Crippen LogP contribution in [0.5, 0.6) is 0 Å². The summed E-state index contributed by atoms with van der Waals surface area (Å²) in [5.74, 6) is 0. The van der Waals surface area contributed by atoms with Crippen molar-refractivity contribution in [3.63, 3.8) is 0 Å². The lowest BCUT2D eigenvalue weighted by Gasteiger charge is -2.28. The predicted molar refractivity (Wildman–Crippen MR) is 73.1 cm³/mol. The summed E-state index contributed by atoms with van der Waals surface area (Å²) >= 11 is 3.65. The summed E-state index contributed by atoms with van der Waals surface area (Å²) in [6, 6.07) is 2.61. The Labute approximate surface area is 108 Å². The van der Waals surface area contributed by atoms with Crippen molar-refractivity contribution in [1.29, 1.82) is 0 Å². The van der Waals surface area contributed by atoms with E-state index in [0.717, 1.165) is 11.8 Å². The van der Waals surface area contributed by atoms with Gasteiger partial charge in [-0.3, -0.25) is 4.68 Å². The Balaban J connectivity index is 2.77. The maximum Gasteiger partial charge on any atom is 0.0630 e. The molecule has 0 saturated heterocycles. The molecule has 0 spiro atoms. The van der Waals surface area contributed by atoms with E-state index >= 15 is 0 Å². The molecule has 0 fully saturated rings. The third-order valence-corrected chi connectivity index (χ3v) is 4.72. The maximum atomic E-state index is 4.63. The largest absolute Gasteiger partial charge is 0.270 e. The van der Waals surface area contributed by atoms with Gasteiger partial charge in [-0.1, -0.05) is 29.8 Å². The topological polar surface area (TPSA) is 17.8 Å². The van der Waals surface area contributed by atoms with Gasteiger partial charge in [-0.05, 0) is 44.6 Å². The first-order valence-electron chi connectivity index (χ1n) is 6.17. The second kappa shape index (κ2) is 5.85. The lowest BCUT2D eigenvalue weighted by molar-refractivity contribution is 0.302. The molecule has 0 aromatic carbocycles. The molecule has 0 N–H and O–H groups in total. The molecule has 92 valence electrons. The molecule has 0 saturated carbocycles. The first-order valence-corrected chi connectivity index (χ1v) is 7.29. The molecule has 0 aliphatic rings. The first kappa shape index (κ1) is 13.8. The van der Waals surface area contributed by atoms with Crippen molar-refractivity contribution in [2.24, 2.45) is 5.41 Å². The van der Waals surface area contributed by atoms with E-state index in [9.17, 15) is 0 Å². The number of nitrogens with zero attached hydrogens (tertiary/aromatic N) is 2. The Kier molecular flexibility index (Phi) is 5.03. The summed E-state index contributed by atoms with van der Waals surface area (Å²) < 4.78 is 2.04. The van der Waals surface area contributed by atoms with Crippen LogP contribution in [0.25, 0.3) is 0 Å². The van der Waals surface area contributed by atoms with Crippen LogP contribution >= 0.6 is 15.9 Å². The zero-order valence-corrected chi connectivity index (χ0v) is 12.4. The highest BCUT2D eigenvalue weighted by atomic mass is 79.9.